The maximum Gasteiger partial charge on any atom is 0.227 e. The highest BCUT2D eigenvalue weighted by Crippen LogP contribution is 2.23. The molecule has 1 aromatic rings. The molecule has 1 saturated heterocycles. The highest BCUT2D eigenvalue weighted by Gasteiger charge is 2.34. The summed E-state index contributed by atoms with van der Waals surface area (Å²) in [7, 11) is 0. The van der Waals surface area contributed by atoms with Gasteiger partial charge in [-0.1, -0.05) is 0 Å². The van der Waals surface area contributed by atoms with Crippen molar-refractivity contribution in [3.63, 3.8) is 0 Å². The molecule has 1 aromatic heterocycles. The van der Waals surface area contributed by atoms with E-state index in [1.165, 1.54) is 0 Å². The molecule has 5 heteroatoms. The van der Waals surface area contributed by atoms with Crippen LogP contribution in [0, 0.1) is 17.2 Å². The summed E-state index contributed by atoms with van der Waals surface area (Å²) >= 11 is 0. The van der Waals surface area contributed by atoms with Crippen molar-refractivity contribution in [1.29, 1.82) is 5.26 Å². The van der Waals surface area contributed by atoms with Gasteiger partial charge in [-0.3, -0.25) is 4.79 Å². The molecule has 1 fully saturated rings. The number of amides is 1. The molecule has 0 aliphatic carbocycles. The van der Waals surface area contributed by atoms with E-state index in [0.29, 0.717) is 18.7 Å². The first-order chi connectivity index (χ1) is 8.89. The summed E-state index contributed by atoms with van der Waals surface area (Å²) in [5.74, 6) is 0.938. The fraction of sp³-hybridized carbons (Fsp3) is 0.500. The Hall–Kier alpha value is -2.09. The predicted molar refractivity (Wildman–Crippen MR) is 72.6 cm³/mol. The van der Waals surface area contributed by atoms with E-state index in [-0.39, 0.29) is 17.4 Å². The Morgan fingerprint density at radius 1 is 1.47 bits per heavy atom. The lowest BCUT2D eigenvalue weighted by Gasteiger charge is -2.40. The van der Waals surface area contributed by atoms with Crippen LogP contribution in [-0.4, -0.2) is 29.5 Å². The number of aromatic nitrogens is 1. The van der Waals surface area contributed by atoms with Crippen LogP contribution in [0.4, 0.5) is 5.82 Å². The number of carbonyl (C=O) groups excluding carboxylic acids is 1. The fourth-order valence-electron chi connectivity index (χ4n) is 1.94. The first-order valence-corrected chi connectivity index (χ1v) is 6.32. The second-order valence-corrected chi connectivity index (χ2v) is 5.86. The van der Waals surface area contributed by atoms with Gasteiger partial charge >= 0.3 is 0 Å². The number of nitrogens with zero attached hydrogens (tertiary/aromatic N) is 3. The molecule has 1 aliphatic heterocycles. The van der Waals surface area contributed by atoms with Crippen LogP contribution in [-0.2, 0) is 4.79 Å². The molecule has 2 heterocycles. The van der Waals surface area contributed by atoms with E-state index in [9.17, 15) is 4.79 Å². The first-order valence-electron chi connectivity index (χ1n) is 6.32. The zero-order valence-electron chi connectivity index (χ0n) is 11.5. The summed E-state index contributed by atoms with van der Waals surface area (Å²) in [4.78, 5) is 18.2. The predicted octanol–water partition coefficient (Wildman–Crippen LogP) is 1.30. The Labute approximate surface area is 113 Å². The molecule has 1 amide bonds. The first kappa shape index (κ1) is 13.3. The topological polar surface area (TPSA) is 69.0 Å². The van der Waals surface area contributed by atoms with Gasteiger partial charge in [-0.05, 0) is 32.9 Å². The van der Waals surface area contributed by atoms with Crippen molar-refractivity contribution in [2.75, 3.05) is 18.0 Å². The van der Waals surface area contributed by atoms with Gasteiger partial charge in [0.1, 0.15) is 11.9 Å². The van der Waals surface area contributed by atoms with Gasteiger partial charge in [0.2, 0.25) is 5.91 Å². The molecule has 100 valence electrons. The van der Waals surface area contributed by atoms with Gasteiger partial charge in [0, 0.05) is 24.8 Å². The number of carbonyl (C=O) groups is 1. The van der Waals surface area contributed by atoms with Crippen LogP contribution in [0.25, 0.3) is 0 Å². The van der Waals surface area contributed by atoms with Crippen molar-refractivity contribution < 1.29 is 4.79 Å². The number of hydrogen-bond donors (Lipinski definition) is 1. The molecule has 0 radical (unpaired) electrons. The molecule has 0 aromatic carbocycles. The Balaban J connectivity index is 1.89. The van der Waals surface area contributed by atoms with Gasteiger partial charge in [0.05, 0.1) is 11.5 Å². The number of nitriles is 1. The molecule has 1 N–H and O–H groups in total. The molecule has 1 aliphatic rings. The van der Waals surface area contributed by atoms with Gasteiger partial charge in [0.25, 0.3) is 0 Å². The number of nitrogens with one attached hydrogen (secondary N) is 1. The van der Waals surface area contributed by atoms with Crippen molar-refractivity contribution in [3.05, 3.63) is 23.9 Å². The molecule has 0 atom stereocenters. The maximum absolute atomic E-state index is 11.9. The van der Waals surface area contributed by atoms with Crippen molar-refractivity contribution >= 4 is 11.7 Å². The van der Waals surface area contributed by atoms with Gasteiger partial charge in [0.15, 0.2) is 0 Å². The van der Waals surface area contributed by atoms with E-state index in [2.05, 4.69) is 10.3 Å². The smallest absolute Gasteiger partial charge is 0.227 e. The molecule has 19 heavy (non-hydrogen) atoms. The van der Waals surface area contributed by atoms with E-state index in [0.717, 1.165) is 5.82 Å². The summed E-state index contributed by atoms with van der Waals surface area (Å²) in [6, 6.07) is 5.59. The van der Waals surface area contributed by atoms with E-state index < -0.39 is 0 Å². The standard InChI is InChI=1S/C14H18N4O/c1-14(2,3)17-13(19)11-8-18(9-11)12-5-4-10(6-15)7-16-12/h4-5,7,11H,8-9H2,1-3H3,(H,17,19). The van der Waals surface area contributed by atoms with Gasteiger partial charge < -0.3 is 10.2 Å². The lowest BCUT2D eigenvalue weighted by Crippen LogP contribution is -2.56. The summed E-state index contributed by atoms with van der Waals surface area (Å²) in [6.45, 7) is 7.29. The van der Waals surface area contributed by atoms with Crippen molar-refractivity contribution in [1.82, 2.24) is 10.3 Å². The highest BCUT2D eigenvalue weighted by molar-refractivity contribution is 5.82. The van der Waals surface area contributed by atoms with E-state index >= 15 is 0 Å². The summed E-state index contributed by atoms with van der Waals surface area (Å²) in [5, 5.41) is 11.7. The third-order valence-electron chi connectivity index (χ3n) is 2.95. The maximum atomic E-state index is 11.9. The Morgan fingerprint density at radius 3 is 2.63 bits per heavy atom. The number of rotatable bonds is 2. The molecule has 0 unspecified atom stereocenters. The van der Waals surface area contributed by atoms with Crippen LogP contribution in [0.5, 0.6) is 0 Å². The van der Waals surface area contributed by atoms with E-state index in [1.807, 2.05) is 37.8 Å². The number of hydrogen-bond acceptors (Lipinski definition) is 4. The van der Waals surface area contributed by atoms with Gasteiger partial charge in [-0.25, -0.2) is 4.98 Å². The number of anilines is 1. The fourth-order valence-corrected chi connectivity index (χ4v) is 1.94. The second-order valence-electron chi connectivity index (χ2n) is 5.86. The van der Waals surface area contributed by atoms with Gasteiger partial charge in [-0.15, -0.1) is 0 Å². The Morgan fingerprint density at radius 2 is 2.16 bits per heavy atom. The SMILES string of the molecule is CC(C)(C)NC(=O)C1CN(c2ccc(C#N)cn2)C1. The number of pyridine rings is 1. The molecule has 0 spiro atoms. The summed E-state index contributed by atoms with van der Waals surface area (Å²) in [6.07, 6.45) is 1.55. The third-order valence-corrected chi connectivity index (χ3v) is 2.95. The zero-order valence-corrected chi connectivity index (χ0v) is 11.5. The molecule has 0 saturated carbocycles. The zero-order chi connectivity index (χ0) is 14.0. The van der Waals surface area contributed by atoms with Crippen LogP contribution in [0.3, 0.4) is 0 Å². The minimum absolute atomic E-state index is 0.0247. The minimum atomic E-state index is -0.190. The average Bonchev–Trinajstić information content (AvgIpc) is 2.25. The van der Waals surface area contributed by atoms with Gasteiger partial charge in [-0.2, -0.15) is 5.26 Å². The second kappa shape index (κ2) is 4.88. The van der Waals surface area contributed by atoms with Crippen LogP contribution >= 0.6 is 0 Å². The molecule has 0 bridgehead atoms. The van der Waals surface area contributed by atoms with Crippen molar-refractivity contribution in [3.8, 4) is 6.07 Å². The van der Waals surface area contributed by atoms with Crippen molar-refractivity contribution in [2.24, 2.45) is 5.92 Å². The van der Waals surface area contributed by atoms with Crippen LogP contribution < -0.4 is 10.2 Å². The minimum Gasteiger partial charge on any atom is -0.355 e. The van der Waals surface area contributed by atoms with E-state index in [1.54, 1.807) is 12.3 Å². The molecular formula is C14H18N4O. The van der Waals surface area contributed by atoms with E-state index in [4.69, 9.17) is 5.26 Å². The average molecular weight is 258 g/mol. The molecule has 5 nitrogen and oxygen atoms in total. The summed E-state index contributed by atoms with van der Waals surface area (Å²) in [5.41, 5.74) is 0.357. The molecular weight excluding hydrogens is 240 g/mol. The third kappa shape index (κ3) is 3.22. The lowest BCUT2D eigenvalue weighted by atomic mass is 9.97. The quantitative estimate of drug-likeness (QED) is 0.868. The van der Waals surface area contributed by atoms with Crippen LogP contribution in [0.15, 0.2) is 18.3 Å². The Kier molecular flexibility index (Phi) is 3.43. The monoisotopic (exact) mass is 258 g/mol. The lowest BCUT2D eigenvalue weighted by molar-refractivity contribution is -0.127. The largest absolute Gasteiger partial charge is 0.355 e. The molecule has 2 rings (SSSR count). The summed E-state index contributed by atoms with van der Waals surface area (Å²) < 4.78 is 0. The van der Waals surface area contributed by atoms with Crippen molar-refractivity contribution in [2.45, 2.75) is 26.3 Å². The Bertz CT molecular complexity index is 504. The van der Waals surface area contributed by atoms with Crippen LogP contribution in [0.2, 0.25) is 0 Å². The highest BCUT2D eigenvalue weighted by atomic mass is 16.2. The van der Waals surface area contributed by atoms with Crippen LogP contribution in [0.1, 0.15) is 26.3 Å². The normalized spacial score (nSPS) is 15.6.